The van der Waals surface area contributed by atoms with E-state index >= 15 is 0 Å². The molecule has 1 unspecified atom stereocenters. The fourth-order valence-corrected chi connectivity index (χ4v) is 3.27. The monoisotopic (exact) mass is 358 g/mol. The summed E-state index contributed by atoms with van der Waals surface area (Å²) in [5, 5.41) is 2.83. The number of amides is 2. The summed E-state index contributed by atoms with van der Waals surface area (Å²) in [6.45, 7) is 7.86. The van der Waals surface area contributed by atoms with Gasteiger partial charge in [-0.2, -0.15) is 0 Å². The summed E-state index contributed by atoms with van der Waals surface area (Å²) in [6.07, 6.45) is 4.27. The van der Waals surface area contributed by atoms with Gasteiger partial charge >= 0.3 is 0 Å². The molecular formula is C19H26N4O3. The third-order valence-electron chi connectivity index (χ3n) is 4.57. The van der Waals surface area contributed by atoms with Gasteiger partial charge in [-0.15, -0.1) is 0 Å². The molecule has 0 aromatic carbocycles. The van der Waals surface area contributed by atoms with Crippen LogP contribution in [-0.2, 0) is 29.1 Å². The Kier molecular flexibility index (Phi) is 5.44. The number of imidazole rings is 1. The summed E-state index contributed by atoms with van der Waals surface area (Å²) >= 11 is 0. The van der Waals surface area contributed by atoms with Gasteiger partial charge in [-0.1, -0.05) is 13.8 Å². The smallest absolute Gasteiger partial charge is 0.226 e. The molecule has 2 aromatic rings. The van der Waals surface area contributed by atoms with E-state index in [9.17, 15) is 9.59 Å². The van der Waals surface area contributed by atoms with Crippen LogP contribution in [0, 0.1) is 5.92 Å². The minimum atomic E-state index is -0.0998. The third kappa shape index (κ3) is 4.15. The van der Waals surface area contributed by atoms with E-state index in [-0.39, 0.29) is 24.3 Å². The van der Waals surface area contributed by atoms with Gasteiger partial charge in [0.2, 0.25) is 11.8 Å². The van der Waals surface area contributed by atoms with Crippen LogP contribution in [0.5, 0.6) is 0 Å². The standard InChI is InChI=1S/C19H26N4O3/c1-13(2)9-18(25)23-7-6-22-12-15(21-19(22)14(23)3)10-17(24)20-11-16-5-4-8-26-16/h4-5,8,12-14H,6-7,9-11H2,1-3H3,(H,20,24). The molecule has 7 heteroatoms. The van der Waals surface area contributed by atoms with Gasteiger partial charge in [0.1, 0.15) is 11.6 Å². The van der Waals surface area contributed by atoms with E-state index in [4.69, 9.17) is 4.42 Å². The molecule has 1 N–H and O–H groups in total. The van der Waals surface area contributed by atoms with Crippen LogP contribution in [-0.4, -0.2) is 32.8 Å². The summed E-state index contributed by atoms with van der Waals surface area (Å²) in [4.78, 5) is 31.1. The number of furan rings is 1. The van der Waals surface area contributed by atoms with E-state index in [0.717, 1.165) is 17.3 Å². The molecule has 0 spiro atoms. The van der Waals surface area contributed by atoms with Crippen molar-refractivity contribution in [1.82, 2.24) is 19.8 Å². The molecule has 0 bridgehead atoms. The number of nitrogens with zero attached hydrogens (tertiary/aromatic N) is 3. The second-order valence-corrected chi connectivity index (χ2v) is 7.18. The van der Waals surface area contributed by atoms with Crippen molar-refractivity contribution in [1.29, 1.82) is 0 Å². The van der Waals surface area contributed by atoms with E-state index in [1.165, 1.54) is 0 Å². The maximum atomic E-state index is 12.4. The summed E-state index contributed by atoms with van der Waals surface area (Å²) in [5.74, 6) is 1.97. The zero-order valence-corrected chi connectivity index (χ0v) is 15.6. The average Bonchev–Trinajstić information content (AvgIpc) is 3.22. The topological polar surface area (TPSA) is 80.4 Å². The Morgan fingerprint density at radius 3 is 2.88 bits per heavy atom. The summed E-state index contributed by atoms with van der Waals surface area (Å²) < 4.78 is 7.26. The van der Waals surface area contributed by atoms with Crippen molar-refractivity contribution in [2.75, 3.05) is 6.54 Å². The van der Waals surface area contributed by atoms with Gasteiger partial charge in [0.05, 0.1) is 31.0 Å². The number of hydrogen-bond acceptors (Lipinski definition) is 4. The molecule has 2 amide bonds. The molecular weight excluding hydrogens is 332 g/mol. The van der Waals surface area contributed by atoms with E-state index < -0.39 is 0 Å². The minimum absolute atomic E-state index is 0.0741. The molecule has 1 aliphatic rings. The highest BCUT2D eigenvalue weighted by molar-refractivity contribution is 5.78. The van der Waals surface area contributed by atoms with Crippen LogP contribution < -0.4 is 5.32 Å². The summed E-state index contributed by atoms with van der Waals surface area (Å²) in [5.41, 5.74) is 0.724. The number of rotatable bonds is 6. The lowest BCUT2D eigenvalue weighted by atomic mass is 10.1. The number of carbonyl (C=O) groups is 2. The molecule has 0 aliphatic carbocycles. The van der Waals surface area contributed by atoms with Crippen LogP contribution in [0.25, 0.3) is 0 Å². The largest absolute Gasteiger partial charge is 0.467 e. The Balaban J connectivity index is 1.61. The summed E-state index contributed by atoms with van der Waals surface area (Å²) in [7, 11) is 0. The molecule has 26 heavy (non-hydrogen) atoms. The molecule has 7 nitrogen and oxygen atoms in total. The van der Waals surface area contributed by atoms with Crippen molar-refractivity contribution < 1.29 is 14.0 Å². The van der Waals surface area contributed by atoms with E-state index in [2.05, 4.69) is 14.9 Å². The van der Waals surface area contributed by atoms with Gasteiger partial charge in [0.15, 0.2) is 0 Å². The van der Waals surface area contributed by atoms with Crippen LogP contribution >= 0.6 is 0 Å². The van der Waals surface area contributed by atoms with Crippen LogP contribution in [0.3, 0.4) is 0 Å². The first kappa shape index (κ1) is 18.2. The van der Waals surface area contributed by atoms with E-state index in [1.807, 2.05) is 37.9 Å². The molecule has 0 radical (unpaired) electrons. The number of aromatic nitrogens is 2. The van der Waals surface area contributed by atoms with Crippen molar-refractivity contribution in [3.05, 3.63) is 41.9 Å². The molecule has 140 valence electrons. The Morgan fingerprint density at radius 2 is 2.19 bits per heavy atom. The number of nitrogens with one attached hydrogen (secondary N) is 1. The van der Waals surface area contributed by atoms with Crippen molar-refractivity contribution in [2.24, 2.45) is 5.92 Å². The first-order chi connectivity index (χ1) is 12.4. The molecule has 0 fully saturated rings. The predicted molar refractivity (Wildman–Crippen MR) is 96.1 cm³/mol. The van der Waals surface area contributed by atoms with Crippen LogP contribution in [0.15, 0.2) is 29.0 Å². The van der Waals surface area contributed by atoms with Gasteiger partial charge < -0.3 is 19.2 Å². The molecule has 3 rings (SSSR count). The van der Waals surface area contributed by atoms with Gasteiger partial charge in [-0.05, 0) is 25.0 Å². The molecule has 1 atom stereocenters. The molecule has 1 aliphatic heterocycles. The highest BCUT2D eigenvalue weighted by Gasteiger charge is 2.29. The van der Waals surface area contributed by atoms with E-state index in [1.54, 1.807) is 12.3 Å². The normalized spacial score (nSPS) is 16.6. The Hall–Kier alpha value is -2.57. The third-order valence-corrected chi connectivity index (χ3v) is 4.57. The zero-order chi connectivity index (χ0) is 18.7. The first-order valence-electron chi connectivity index (χ1n) is 9.08. The van der Waals surface area contributed by atoms with Crippen molar-refractivity contribution in [3.8, 4) is 0 Å². The average molecular weight is 358 g/mol. The van der Waals surface area contributed by atoms with Crippen LogP contribution in [0.4, 0.5) is 0 Å². The predicted octanol–water partition coefficient (Wildman–Crippen LogP) is 2.28. The SMILES string of the molecule is CC(C)CC(=O)N1CCn2cc(CC(=O)NCc3ccco3)nc2C1C. The lowest BCUT2D eigenvalue weighted by molar-refractivity contribution is -0.135. The number of carbonyl (C=O) groups excluding carboxylic acids is 2. The van der Waals surface area contributed by atoms with E-state index in [0.29, 0.717) is 32.0 Å². The van der Waals surface area contributed by atoms with Gasteiger partial charge in [0.25, 0.3) is 0 Å². The van der Waals surface area contributed by atoms with Crippen molar-refractivity contribution in [2.45, 2.75) is 52.7 Å². The quantitative estimate of drug-likeness (QED) is 0.859. The lowest BCUT2D eigenvalue weighted by Crippen LogP contribution is -2.41. The molecule has 0 saturated carbocycles. The first-order valence-corrected chi connectivity index (χ1v) is 9.08. The van der Waals surface area contributed by atoms with Gasteiger partial charge in [-0.3, -0.25) is 9.59 Å². The van der Waals surface area contributed by atoms with Gasteiger partial charge in [-0.25, -0.2) is 4.98 Å². The van der Waals surface area contributed by atoms with Crippen molar-refractivity contribution >= 4 is 11.8 Å². The zero-order valence-electron chi connectivity index (χ0n) is 15.6. The Labute approximate surface area is 153 Å². The second kappa shape index (κ2) is 7.76. The molecule has 2 aromatic heterocycles. The minimum Gasteiger partial charge on any atom is -0.467 e. The fourth-order valence-electron chi connectivity index (χ4n) is 3.27. The Bertz CT molecular complexity index is 764. The highest BCUT2D eigenvalue weighted by Crippen LogP contribution is 2.26. The van der Waals surface area contributed by atoms with Crippen LogP contribution in [0.2, 0.25) is 0 Å². The Morgan fingerprint density at radius 1 is 1.38 bits per heavy atom. The maximum absolute atomic E-state index is 12.4. The number of fused-ring (bicyclic) bond motifs is 1. The van der Waals surface area contributed by atoms with Gasteiger partial charge in [0, 0.05) is 25.7 Å². The second-order valence-electron chi connectivity index (χ2n) is 7.18. The fraction of sp³-hybridized carbons (Fsp3) is 0.526. The maximum Gasteiger partial charge on any atom is 0.226 e. The van der Waals surface area contributed by atoms with Crippen LogP contribution in [0.1, 0.15) is 50.5 Å². The molecule has 0 saturated heterocycles. The lowest BCUT2D eigenvalue weighted by Gasteiger charge is -2.34. The molecule has 3 heterocycles. The summed E-state index contributed by atoms with van der Waals surface area (Å²) in [6, 6.07) is 3.54. The van der Waals surface area contributed by atoms with Crippen molar-refractivity contribution in [3.63, 3.8) is 0 Å². The number of hydrogen-bond donors (Lipinski definition) is 1. The highest BCUT2D eigenvalue weighted by atomic mass is 16.3.